The van der Waals surface area contributed by atoms with Gasteiger partial charge in [-0.15, -0.1) is 0 Å². The van der Waals surface area contributed by atoms with E-state index < -0.39 is 5.97 Å². The third kappa shape index (κ3) is 2.04. The number of H-pyrrole nitrogens is 2. The Morgan fingerprint density at radius 2 is 1.69 bits per heavy atom. The molecule has 3 heterocycles. The van der Waals surface area contributed by atoms with Crippen LogP contribution in [0.15, 0.2) is 60.8 Å². The van der Waals surface area contributed by atoms with Gasteiger partial charge in [-0.3, -0.25) is 0 Å². The Morgan fingerprint density at radius 3 is 2.50 bits per heavy atom. The van der Waals surface area contributed by atoms with Crippen LogP contribution in [0, 0.1) is 0 Å². The number of esters is 1. The van der Waals surface area contributed by atoms with Crippen molar-refractivity contribution in [2.45, 2.75) is 0 Å². The van der Waals surface area contributed by atoms with E-state index in [9.17, 15) is 4.79 Å². The van der Waals surface area contributed by atoms with Crippen LogP contribution in [-0.4, -0.2) is 28.0 Å². The largest absolute Gasteiger partial charge is 0.464 e. The number of benzene rings is 2. The van der Waals surface area contributed by atoms with Crippen LogP contribution in [0.25, 0.3) is 44.0 Å². The second kappa shape index (κ2) is 5.46. The molecular formula is C21H15N3O2. The summed E-state index contributed by atoms with van der Waals surface area (Å²) in [4.78, 5) is 23.6. The van der Waals surface area contributed by atoms with Crippen LogP contribution in [-0.2, 0) is 4.74 Å². The number of aromatic amines is 2. The van der Waals surface area contributed by atoms with Gasteiger partial charge in [0.25, 0.3) is 0 Å². The van der Waals surface area contributed by atoms with Gasteiger partial charge in [-0.05, 0) is 18.2 Å². The van der Waals surface area contributed by atoms with Gasteiger partial charge in [-0.1, -0.05) is 36.4 Å². The number of hydrogen-bond donors (Lipinski definition) is 2. The molecule has 0 fully saturated rings. The maximum absolute atomic E-state index is 12.2. The van der Waals surface area contributed by atoms with E-state index in [4.69, 9.17) is 4.74 Å². The highest BCUT2D eigenvalue weighted by molar-refractivity contribution is 6.14. The Labute approximate surface area is 148 Å². The molecule has 2 aromatic carbocycles. The topological polar surface area (TPSA) is 70.8 Å². The summed E-state index contributed by atoms with van der Waals surface area (Å²) in [6.07, 6.45) is 1.93. The number of pyridine rings is 1. The molecule has 3 aromatic heterocycles. The second-order valence-electron chi connectivity index (χ2n) is 6.19. The fourth-order valence-electron chi connectivity index (χ4n) is 3.52. The van der Waals surface area contributed by atoms with Crippen molar-refractivity contribution >= 4 is 38.7 Å². The quantitative estimate of drug-likeness (QED) is 0.459. The van der Waals surface area contributed by atoms with E-state index in [-0.39, 0.29) is 0 Å². The fraction of sp³-hybridized carbons (Fsp3) is 0.0476. The predicted octanol–water partition coefficient (Wildman–Crippen LogP) is 4.65. The molecule has 0 aliphatic heterocycles. The first-order valence-corrected chi connectivity index (χ1v) is 8.32. The van der Waals surface area contributed by atoms with Crippen LogP contribution in [0.1, 0.15) is 10.5 Å². The Balaban J connectivity index is 1.92. The number of hydrogen-bond acceptors (Lipinski definition) is 3. The first-order valence-electron chi connectivity index (χ1n) is 8.32. The van der Waals surface area contributed by atoms with Crippen molar-refractivity contribution in [2.24, 2.45) is 0 Å². The second-order valence-corrected chi connectivity index (χ2v) is 6.19. The summed E-state index contributed by atoms with van der Waals surface area (Å²) in [6, 6.07) is 17.9. The first-order chi connectivity index (χ1) is 12.8. The molecule has 5 heteroatoms. The van der Waals surface area contributed by atoms with Crippen molar-refractivity contribution in [1.82, 2.24) is 15.0 Å². The SMILES string of the molecule is COC(=O)c1cc2c([nH]c3ccccc32)c(-c2c[nH]c3ccccc23)n1. The highest BCUT2D eigenvalue weighted by Gasteiger charge is 2.19. The molecule has 5 nitrogen and oxygen atoms in total. The van der Waals surface area contributed by atoms with Gasteiger partial charge in [0.05, 0.1) is 18.3 Å². The molecular weight excluding hydrogens is 326 g/mol. The molecule has 0 bridgehead atoms. The molecule has 0 aliphatic rings. The normalized spacial score (nSPS) is 11.4. The molecule has 2 N–H and O–H groups in total. The highest BCUT2D eigenvalue weighted by Crippen LogP contribution is 2.35. The average molecular weight is 341 g/mol. The molecule has 0 atom stereocenters. The lowest BCUT2D eigenvalue weighted by molar-refractivity contribution is 0.0594. The van der Waals surface area contributed by atoms with Crippen LogP contribution in [0.3, 0.4) is 0 Å². The third-order valence-electron chi connectivity index (χ3n) is 4.74. The molecule has 0 radical (unpaired) electrons. The van der Waals surface area contributed by atoms with Gasteiger partial charge in [-0.25, -0.2) is 9.78 Å². The summed E-state index contributed by atoms with van der Waals surface area (Å²) in [7, 11) is 1.37. The number of ether oxygens (including phenoxy) is 1. The number of methoxy groups -OCH3 is 1. The average Bonchev–Trinajstić information content (AvgIpc) is 3.28. The van der Waals surface area contributed by atoms with E-state index in [0.29, 0.717) is 5.69 Å². The number of para-hydroxylation sites is 2. The Kier molecular flexibility index (Phi) is 3.09. The van der Waals surface area contributed by atoms with Gasteiger partial charge >= 0.3 is 5.97 Å². The van der Waals surface area contributed by atoms with E-state index in [1.54, 1.807) is 6.07 Å². The first kappa shape index (κ1) is 14.7. The van der Waals surface area contributed by atoms with E-state index >= 15 is 0 Å². The van der Waals surface area contributed by atoms with Crippen molar-refractivity contribution in [1.29, 1.82) is 0 Å². The lowest BCUT2D eigenvalue weighted by Gasteiger charge is -2.05. The summed E-state index contributed by atoms with van der Waals surface area (Å²) >= 11 is 0. The van der Waals surface area contributed by atoms with Crippen molar-refractivity contribution in [3.8, 4) is 11.3 Å². The van der Waals surface area contributed by atoms with E-state index in [1.165, 1.54) is 7.11 Å². The molecule has 26 heavy (non-hydrogen) atoms. The number of nitrogens with zero attached hydrogens (tertiary/aromatic N) is 1. The fourth-order valence-corrected chi connectivity index (χ4v) is 3.52. The van der Waals surface area contributed by atoms with Crippen LogP contribution in [0.2, 0.25) is 0 Å². The molecule has 0 saturated carbocycles. The molecule has 0 unspecified atom stereocenters. The maximum Gasteiger partial charge on any atom is 0.356 e. The van der Waals surface area contributed by atoms with Crippen molar-refractivity contribution in [3.63, 3.8) is 0 Å². The lowest BCUT2D eigenvalue weighted by atomic mass is 10.1. The highest BCUT2D eigenvalue weighted by atomic mass is 16.5. The smallest absolute Gasteiger partial charge is 0.356 e. The third-order valence-corrected chi connectivity index (χ3v) is 4.74. The number of carbonyl (C=O) groups excluding carboxylic acids is 1. The zero-order valence-electron chi connectivity index (χ0n) is 14.0. The minimum atomic E-state index is -0.446. The van der Waals surface area contributed by atoms with E-state index in [0.717, 1.165) is 44.0 Å². The van der Waals surface area contributed by atoms with Crippen LogP contribution in [0.5, 0.6) is 0 Å². The Morgan fingerprint density at radius 1 is 0.962 bits per heavy atom. The zero-order valence-corrected chi connectivity index (χ0v) is 14.0. The van der Waals surface area contributed by atoms with Crippen LogP contribution < -0.4 is 0 Å². The number of aromatic nitrogens is 3. The van der Waals surface area contributed by atoms with Gasteiger partial charge in [-0.2, -0.15) is 0 Å². The molecule has 5 aromatic rings. The summed E-state index contributed by atoms with van der Waals surface area (Å²) in [5, 5.41) is 3.06. The molecule has 0 amide bonds. The van der Waals surface area contributed by atoms with Crippen LogP contribution >= 0.6 is 0 Å². The summed E-state index contributed by atoms with van der Waals surface area (Å²) in [6.45, 7) is 0. The van der Waals surface area contributed by atoms with Crippen LogP contribution in [0.4, 0.5) is 0 Å². The standard InChI is InChI=1S/C21H15N3O2/c1-26-21(25)18-10-14-12-6-3-5-9-17(12)23-19(14)20(24-18)15-11-22-16-8-4-2-7-13(15)16/h2-11,22-23H,1H3. The van der Waals surface area contributed by atoms with Gasteiger partial charge in [0.2, 0.25) is 0 Å². The van der Waals surface area contributed by atoms with Gasteiger partial charge in [0, 0.05) is 39.0 Å². The molecule has 0 saturated heterocycles. The molecule has 5 rings (SSSR count). The Hall–Kier alpha value is -3.60. The van der Waals surface area contributed by atoms with Gasteiger partial charge in [0.1, 0.15) is 5.69 Å². The van der Waals surface area contributed by atoms with Crippen molar-refractivity contribution in [3.05, 3.63) is 66.5 Å². The van der Waals surface area contributed by atoms with Gasteiger partial charge < -0.3 is 14.7 Å². The summed E-state index contributed by atoms with van der Waals surface area (Å²) in [5.41, 5.74) is 4.91. The summed E-state index contributed by atoms with van der Waals surface area (Å²) in [5.74, 6) is -0.446. The maximum atomic E-state index is 12.2. The molecule has 0 aliphatic carbocycles. The van der Waals surface area contributed by atoms with Gasteiger partial charge in [0.15, 0.2) is 0 Å². The van der Waals surface area contributed by atoms with Crippen molar-refractivity contribution < 1.29 is 9.53 Å². The number of rotatable bonds is 2. The lowest BCUT2D eigenvalue weighted by Crippen LogP contribution is -2.05. The summed E-state index contributed by atoms with van der Waals surface area (Å²) < 4.78 is 4.91. The predicted molar refractivity (Wildman–Crippen MR) is 102 cm³/mol. The molecule has 0 spiro atoms. The van der Waals surface area contributed by atoms with E-state index in [2.05, 4.69) is 15.0 Å². The zero-order chi connectivity index (χ0) is 17.7. The number of nitrogens with one attached hydrogen (secondary N) is 2. The number of carbonyl (C=O) groups is 1. The Bertz CT molecular complexity index is 1300. The molecule has 126 valence electrons. The minimum absolute atomic E-state index is 0.296. The van der Waals surface area contributed by atoms with E-state index in [1.807, 2.05) is 54.7 Å². The van der Waals surface area contributed by atoms with Crippen molar-refractivity contribution in [2.75, 3.05) is 7.11 Å². The minimum Gasteiger partial charge on any atom is -0.464 e. The monoisotopic (exact) mass is 341 g/mol. The number of fused-ring (bicyclic) bond motifs is 4.